The van der Waals surface area contributed by atoms with Crippen LogP contribution in [-0.2, 0) is 4.79 Å². The van der Waals surface area contributed by atoms with Crippen LogP contribution < -0.4 is 5.73 Å². The van der Waals surface area contributed by atoms with Crippen LogP contribution >= 0.6 is 0 Å². The summed E-state index contributed by atoms with van der Waals surface area (Å²) in [6.45, 7) is 6.98. The molecular formula is C12H23N3O. The van der Waals surface area contributed by atoms with Gasteiger partial charge in [0.25, 0.3) is 0 Å². The quantitative estimate of drug-likeness (QED) is 0.747. The zero-order valence-electron chi connectivity index (χ0n) is 10.2. The number of rotatable bonds is 4. The zero-order chi connectivity index (χ0) is 11.5. The largest absolute Gasteiger partial charge is 0.339 e. The topological polar surface area (TPSA) is 49.6 Å². The van der Waals surface area contributed by atoms with Crippen molar-refractivity contribution in [3.8, 4) is 0 Å². The first kappa shape index (κ1) is 11.9. The Balaban J connectivity index is 1.73. The van der Waals surface area contributed by atoms with Gasteiger partial charge < -0.3 is 10.6 Å². The summed E-state index contributed by atoms with van der Waals surface area (Å²) < 4.78 is 0. The van der Waals surface area contributed by atoms with Gasteiger partial charge in [0.1, 0.15) is 0 Å². The zero-order valence-corrected chi connectivity index (χ0v) is 10.2. The molecule has 92 valence electrons. The van der Waals surface area contributed by atoms with Crippen molar-refractivity contribution in [2.75, 3.05) is 32.7 Å². The summed E-state index contributed by atoms with van der Waals surface area (Å²) in [7, 11) is 0. The highest BCUT2D eigenvalue weighted by atomic mass is 16.2. The van der Waals surface area contributed by atoms with Crippen LogP contribution in [0.1, 0.15) is 26.2 Å². The second-order valence-electron chi connectivity index (χ2n) is 5.08. The monoisotopic (exact) mass is 225 g/mol. The lowest BCUT2D eigenvalue weighted by Gasteiger charge is -2.35. The average molecular weight is 225 g/mol. The summed E-state index contributed by atoms with van der Waals surface area (Å²) in [6, 6.07) is -0.296. The molecule has 0 spiro atoms. The molecule has 1 unspecified atom stereocenters. The second kappa shape index (κ2) is 5.15. The van der Waals surface area contributed by atoms with E-state index in [0.29, 0.717) is 0 Å². The van der Waals surface area contributed by atoms with E-state index in [0.717, 1.165) is 38.5 Å². The van der Waals surface area contributed by atoms with E-state index in [1.807, 2.05) is 11.8 Å². The Hall–Kier alpha value is -0.610. The van der Waals surface area contributed by atoms with Crippen LogP contribution in [0.5, 0.6) is 0 Å². The average Bonchev–Trinajstić information content (AvgIpc) is 3.12. The second-order valence-corrected chi connectivity index (χ2v) is 5.08. The number of hydrogen-bond donors (Lipinski definition) is 1. The van der Waals surface area contributed by atoms with E-state index in [-0.39, 0.29) is 11.9 Å². The predicted octanol–water partition coefficient (Wildman–Crippen LogP) is 0.278. The molecule has 0 aromatic rings. The number of amides is 1. The van der Waals surface area contributed by atoms with Gasteiger partial charge in [-0.15, -0.1) is 0 Å². The fourth-order valence-corrected chi connectivity index (χ4v) is 2.23. The first-order valence-electron chi connectivity index (χ1n) is 6.47. The number of carbonyl (C=O) groups excluding carboxylic acids is 1. The highest BCUT2D eigenvalue weighted by molar-refractivity contribution is 5.81. The van der Waals surface area contributed by atoms with Gasteiger partial charge in [0.05, 0.1) is 6.04 Å². The van der Waals surface area contributed by atoms with Crippen LogP contribution in [0.2, 0.25) is 0 Å². The molecule has 2 rings (SSSR count). The van der Waals surface area contributed by atoms with Gasteiger partial charge in [0, 0.05) is 32.7 Å². The van der Waals surface area contributed by atoms with Crippen LogP contribution in [0.25, 0.3) is 0 Å². The standard InChI is InChI=1S/C12H23N3O/c1-2-11(13)12(16)15-7-5-14(6-8-15)9-10-3-4-10/h10-11H,2-9,13H2,1H3. The van der Waals surface area contributed by atoms with E-state index >= 15 is 0 Å². The Morgan fingerprint density at radius 3 is 2.44 bits per heavy atom. The fourth-order valence-electron chi connectivity index (χ4n) is 2.23. The Morgan fingerprint density at radius 1 is 1.31 bits per heavy atom. The molecule has 0 bridgehead atoms. The van der Waals surface area contributed by atoms with Crippen molar-refractivity contribution in [2.45, 2.75) is 32.2 Å². The van der Waals surface area contributed by atoms with Gasteiger partial charge in [-0.3, -0.25) is 9.69 Å². The highest BCUT2D eigenvalue weighted by Crippen LogP contribution is 2.29. The number of nitrogens with two attached hydrogens (primary N) is 1. The molecule has 1 heterocycles. The molecule has 1 atom stereocenters. The number of hydrogen-bond acceptors (Lipinski definition) is 3. The summed E-state index contributed by atoms with van der Waals surface area (Å²) in [4.78, 5) is 16.3. The Bertz CT molecular complexity index is 245. The molecule has 0 aromatic heterocycles. The summed E-state index contributed by atoms with van der Waals surface area (Å²) >= 11 is 0. The van der Waals surface area contributed by atoms with E-state index in [9.17, 15) is 4.79 Å². The Morgan fingerprint density at radius 2 is 1.94 bits per heavy atom. The molecule has 1 saturated heterocycles. The van der Waals surface area contributed by atoms with Crippen LogP contribution in [0.3, 0.4) is 0 Å². The number of nitrogens with zero attached hydrogens (tertiary/aromatic N) is 2. The normalized spacial score (nSPS) is 24.5. The van der Waals surface area contributed by atoms with Gasteiger partial charge in [0.2, 0.25) is 5.91 Å². The van der Waals surface area contributed by atoms with Gasteiger partial charge in [0.15, 0.2) is 0 Å². The first-order chi connectivity index (χ1) is 7.70. The smallest absolute Gasteiger partial charge is 0.239 e. The fraction of sp³-hybridized carbons (Fsp3) is 0.917. The van der Waals surface area contributed by atoms with Crippen molar-refractivity contribution in [2.24, 2.45) is 11.7 Å². The lowest BCUT2D eigenvalue weighted by Crippen LogP contribution is -2.53. The van der Waals surface area contributed by atoms with Gasteiger partial charge in [-0.2, -0.15) is 0 Å². The molecule has 1 amide bonds. The highest BCUT2D eigenvalue weighted by Gasteiger charge is 2.28. The summed E-state index contributed by atoms with van der Waals surface area (Å²) in [5, 5.41) is 0. The predicted molar refractivity (Wildman–Crippen MR) is 64.0 cm³/mol. The van der Waals surface area contributed by atoms with Gasteiger partial charge in [-0.25, -0.2) is 0 Å². The number of piperazine rings is 1. The third-order valence-electron chi connectivity index (χ3n) is 3.65. The molecule has 2 N–H and O–H groups in total. The van der Waals surface area contributed by atoms with Crippen molar-refractivity contribution < 1.29 is 4.79 Å². The number of carbonyl (C=O) groups is 1. The van der Waals surface area contributed by atoms with Gasteiger partial charge in [-0.1, -0.05) is 6.92 Å². The van der Waals surface area contributed by atoms with Crippen molar-refractivity contribution >= 4 is 5.91 Å². The minimum absolute atomic E-state index is 0.133. The van der Waals surface area contributed by atoms with E-state index in [1.165, 1.54) is 19.4 Å². The molecule has 1 aliphatic carbocycles. The van der Waals surface area contributed by atoms with E-state index < -0.39 is 0 Å². The van der Waals surface area contributed by atoms with Crippen LogP contribution in [0, 0.1) is 5.92 Å². The lowest BCUT2D eigenvalue weighted by molar-refractivity contribution is -0.134. The third kappa shape index (κ3) is 2.95. The first-order valence-corrected chi connectivity index (χ1v) is 6.47. The van der Waals surface area contributed by atoms with E-state index in [2.05, 4.69) is 4.90 Å². The molecule has 0 aromatic carbocycles. The molecule has 4 heteroatoms. The SMILES string of the molecule is CCC(N)C(=O)N1CCN(CC2CC2)CC1. The van der Waals surface area contributed by atoms with Gasteiger partial charge >= 0.3 is 0 Å². The molecule has 4 nitrogen and oxygen atoms in total. The van der Waals surface area contributed by atoms with Crippen molar-refractivity contribution in [3.63, 3.8) is 0 Å². The van der Waals surface area contributed by atoms with E-state index in [1.54, 1.807) is 0 Å². The Kier molecular flexibility index (Phi) is 3.82. The maximum absolute atomic E-state index is 11.9. The summed E-state index contributed by atoms with van der Waals surface area (Å²) in [5.74, 6) is 1.08. The minimum Gasteiger partial charge on any atom is -0.339 e. The molecule has 2 fully saturated rings. The van der Waals surface area contributed by atoms with Crippen LogP contribution in [0.15, 0.2) is 0 Å². The molecule has 1 saturated carbocycles. The molecule has 2 aliphatic rings. The van der Waals surface area contributed by atoms with Crippen molar-refractivity contribution in [1.29, 1.82) is 0 Å². The molecule has 0 radical (unpaired) electrons. The maximum Gasteiger partial charge on any atom is 0.239 e. The molecule has 1 aliphatic heterocycles. The maximum atomic E-state index is 11.9. The third-order valence-corrected chi connectivity index (χ3v) is 3.65. The molecular weight excluding hydrogens is 202 g/mol. The van der Waals surface area contributed by atoms with Crippen molar-refractivity contribution in [3.05, 3.63) is 0 Å². The Labute approximate surface area is 97.8 Å². The summed E-state index contributed by atoms with van der Waals surface area (Å²) in [5.41, 5.74) is 5.77. The van der Waals surface area contributed by atoms with E-state index in [4.69, 9.17) is 5.73 Å². The summed E-state index contributed by atoms with van der Waals surface area (Å²) in [6.07, 6.45) is 3.54. The molecule has 16 heavy (non-hydrogen) atoms. The van der Waals surface area contributed by atoms with Crippen molar-refractivity contribution in [1.82, 2.24) is 9.80 Å². The lowest BCUT2D eigenvalue weighted by atomic mass is 10.2. The van der Waals surface area contributed by atoms with Gasteiger partial charge in [-0.05, 0) is 25.2 Å². The van der Waals surface area contributed by atoms with Crippen LogP contribution in [0.4, 0.5) is 0 Å². The van der Waals surface area contributed by atoms with Crippen LogP contribution in [-0.4, -0.2) is 54.5 Å². The minimum atomic E-state index is -0.296.